The van der Waals surface area contributed by atoms with Crippen molar-refractivity contribution >= 4 is 11.8 Å². The van der Waals surface area contributed by atoms with Crippen LogP contribution in [0.15, 0.2) is 6.33 Å². The second-order valence-corrected chi connectivity index (χ2v) is 6.88. The summed E-state index contributed by atoms with van der Waals surface area (Å²) in [7, 11) is 1.71. The lowest BCUT2D eigenvalue weighted by Crippen LogP contribution is -2.41. The fraction of sp³-hybridized carbons (Fsp3) is 0.857. The molecule has 0 bridgehead atoms. The van der Waals surface area contributed by atoms with Crippen LogP contribution in [0.5, 0.6) is 0 Å². The van der Waals surface area contributed by atoms with E-state index in [9.17, 15) is 0 Å². The molecule has 1 aromatic rings. The molecule has 2 atom stereocenters. The number of aromatic nitrogens is 3. The van der Waals surface area contributed by atoms with E-state index in [2.05, 4.69) is 20.1 Å². The summed E-state index contributed by atoms with van der Waals surface area (Å²) in [5, 5.41) is 7.81. The molecule has 7 heteroatoms. The van der Waals surface area contributed by atoms with Crippen LogP contribution >= 0.6 is 11.8 Å². The van der Waals surface area contributed by atoms with Crippen LogP contribution in [-0.4, -0.2) is 58.7 Å². The lowest BCUT2D eigenvalue weighted by atomic mass is 9.90. The summed E-state index contributed by atoms with van der Waals surface area (Å²) >= 11 is 2.01. The van der Waals surface area contributed by atoms with Crippen LogP contribution < -0.4 is 5.32 Å². The number of nitrogens with zero attached hydrogens (tertiary/aromatic N) is 3. The molecule has 0 radical (unpaired) electrons. The third kappa shape index (κ3) is 3.59. The second kappa shape index (κ2) is 7.09. The highest BCUT2D eigenvalue weighted by Crippen LogP contribution is 2.41. The van der Waals surface area contributed by atoms with Gasteiger partial charge in [-0.2, -0.15) is 16.9 Å². The number of ether oxygens (including phenoxy) is 2. The van der Waals surface area contributed by atoms with E-state index < -0.39 is 0 Å². The van der Waals surface area contributed by atoms with Gasteiger partial charge in [-0.3, -0.25) is 0 Å². The van der Waals surface area contributed by atoms with E-state index in [1.54, 1.807) is 13.4 Å². The smallest absolute Gasteiger partial charge is 0.141 e. The highest BCUT2D eigenvalue weighted by Gasteiger charge is 2.41. The first-order valence-electron chi connectivity index (χ1n) is 7.63. The van der Waals surface area contributed by atoms with Crippen molar-refractivity contribution in [2.24, 2.45) is 0 Å². The number of rotatable bonds is 6. The molecule has 0 amide bonds. The molecule has 1 N–H and O–H groups in total. The van der Waals surface area contributed by atoms with Gasteiger partial charge in [0.2, 0.25) is 0 Å². The maximum atomic E-state index is 6.09. The predicted octanol–water partition coefficient (Wildman–Crippen LogP) is 1.24. The molecule has 1 spiro atoms. The van der Waals surface area contributed by atoms with Gasteiger partial charge in [0, 0.05) is 26.0 Å². The van der Waals surface area contributed by atoms with Crippen molar-refractivity contribution in [2.45, 2.75) is 37.5 Å². The highest BCUT2D eigenvalue weighted by atomic mass is 32.2. The fourth-order valence-corrected chi connectivity index (χ4v) is 4.53. The van der Waals surface area contributed by atoms with Gasteiger partial charge in [0.15, 0.2) is 0 Å². The summed E-state index contributed by atoms with van der Waals surface area (Å²) in [4.78, 5) is 4.41. The van der Waals surface area contributed by atoms with E-state index >= 15 is 0 Å². The van der Waals surface area contributed by atoms with Crippen LogP contribution in [0.2, 0.25) is 0 Å². The van der Waals surface area contributed by atoms with E-state index in [0.29, 0.717) is 12.6 Å². The molecule has 2 unspecified atom stereocenters. The maximum Gasteiger partial charge on any atom is 0.141 e. The Balaban J connectivity index is 1.62. The van der Waals surface area contributed by atoms with Gasteiger partial charge in [-0.15, -0.1) is 0 Å². The summed E-state index contributed by atoms with van der Waals surface area (Å²) < 4.78 is 13.2. The third-order valence-corrected chi connectivity index (χ3v) is 5.52. The van der Waals surface area contributed by atoms with Gasteiger partial charge in [-0.1, -0.05) is 0 Å². The minimum absolute atomic E-state index is 0.0836. The average Bonchev–Trinajstić information content (AvgIpc) is 3.14. The summed E-state index contributed by atoms with van der Waals surface area (Å²) in [6.07, 6.45) is 4.93. The van der Waals surface area contributed by atoms with Crippen molar-refractivity contribution in [3.63, 3.8) is 0 Å². The van der Waals surface area contributed by atoms with Gasteiger partial charge in [0.05, 0.1) is 24.8 Å². The molecule has 3 rings (SSSR count). The number of nitrogens with one attached hydrogen (secondary N) is 1. The molecule has 0 aliphatic carbocycles. The second-order valence-electron chi connectivity index (χ2n) is 5.77. The molecule has 3 heterocycles. The van der Waals surface area contributed by atoms with Crippen LogP contribution in [-0.2, 0) is 16.0 Å². The van der Waals surface area contributed by atoms with Gasteiger partial charge >= 0.3 is 0 Å². The lowest BCUT2D eigenvalue weighted by molar-refractivity contribution is -0.0782. The molecule has 2 aliphatic rings. The predicted molar refractivity (Wildman–Crippen MR) is 82.5 cm³/mol. The van der Waals surface area contributed by atoms with Gasteiger partial charge in [0.25, 0.3) is 0 Å². The van der Waals surface area contributed by atoms with Crippen molar-refractivity contribution in [3.8, 4) is 0 Å². The minimum atomic E-state index is 0.0836. The Labute approximate surface area is 130 Å². The van der Waals surface area contributed by atoms with Crippen molar-refractivity contribution in [2.75, 3.05) is 38.4 Å². The van der Waals surface area contributed by atoms with E-state index in [-0.39, 0.29) is 5.60 Å². The van der Waals surface area contributed by atoms with Gasteiger partial charge in [0.1, 0.15) is 12.2 Å². The Morgan fingerprint density at radius 3 is 3.38 bits per heavy atom. The Morgan fingerprint density at radius 1 is 1.62 bits per heavy atom. The zero-order chi connectivity index (χ0) is 14.5. The largest absolute Gasteiger partial charge is 0.383 e. The van der Waals surface area contributed by atoms with Gasteiger partial charge < -0.3 is 14.8 Å². The van der Waals surface area contributed by atoms with Crippen molar-refractivity contribution in [3.05, 3.63) is 12.2 Å². The third-order valence-electron chi connectivity index (χ3n) is 4.29. The standard InChI is InChI=1S/C14H24N4O2S/c1-19-6-4-15-9-13-16-11-17-18(13)12-2-5-20-14(8-12)3-7-21-10-14/h11-12,15H,2-10H2,1H3. The van der Waals surface area contributed by atoms with Crippen molar-refractivity contribution < 1.29 is 9.47 Å². The van der Waals surface area contributed by atoms with Crippen molar-refractivity contribution in [1.82, 2.24) is 20.1 Å². The Hall–Kier alpha value is -0.630. The lowest BCUT2D eigenvalue weighted by Gasteiger charge is -2.38. The quantitative estimate of drug-likeness (QED) is 0.798. The fourth-order valence-electron chi connectivity index (χ4n) is 3.15. The molecule has 2 fully saturated rings. The molecule has 118 valence electrons. The summed E-state index contributed by atoms with van der Waals surface area (Å²) in [6, 6.07) is 0.416. The molecule has 0 aromatic carbocycles. The Kier molecular flexibility index (Phi) is 5.15. The first-order chi connectivity index (χ1) is 10.3. The van der Waals surface area contributed by atoms with Crippen LogP contribution in [0.1, 0.15) is 31.1 Å². The molecular formula is C14H24N4O2S. The number of hydrogen-bond acceptors (Lipinski definition) is 6. The minimum Gasteiger partial charge on any atom is -0.383 e. The zero-order valence-electron chi connectivity index (χ0n) is 12.6. The van der Waals surface area contributed by atoms with Crippen LogP contribution in [0, 0.1) is 0 Å². The highest BCUT2D eigenvalue weighted by molar-refractivity contribution is 7.99. The number of methoxy groups -OCH3 is 1. The van der Waals surface area contributed by atoms with Crippen molar-refractivity contribution in [1.29, 1.82) is 0 Å². The Morgan fingerprint density at radius 2 is 2.57 bits per heavy atom. The SMILES string of the molecule is COCCNCc1ncnn1C1CCOC2(CCSC2)C1. The molecule has 2 saturated heterocycles. The van der Waals surface area contributed by atoms with E-state index in [1.165, 1.54) is 12.2 Å². The molecular weight excluding hydrogens is 288 g/mol. The van der Waals surface area contributed by atoms with Crippen LogP contribution in [0.3, 0.4) is 0 Å². The van der Waals surface area contributed by atoms with Crippen LogP contribution in [0.25, 0.3) is 0 Å². The van der Waals surface area contributed by atoms with Crippen LogP contribution in [0.4, 0.5) is 0 Å². The number of hydrogen-bond donors (Lipinski definition) is 1. The summed E-state index contributed by atoms with van der Waals surface area (Å²) in [6.45, 7) is 3.12. The van der Waals surface area contributed by atoms with E-state index in [0.717, 1.165) is 44.1 Å². The van der Waals surface area contributed by atoms with E-state index in [4.69, 9.17) is 9.47 Å². The summed E-state index contributed by atoms with van der Waals surface area (Å²) in [5.41, 5.74) is 0.0836. The van der Waals surface area contributed by atoms with E-state index in [1.807, 2.05) is 11.8 Å². The molecule has 2 aliphatic heterocycles. The maximum absolute atomic E-state index is 6.09. The zero-order valence-corrected chi connectivity index (χ0v) is 13.4. The molecule has 0 saturated carbocycles. The number of thioether (sulfide) groups is 1. The molecule has 1 aromatic heterocycles. The topological polar surface area (TPSA) is 61.2 Å². The normalized spacial score (nSPS) is 29.3. The Bertz CT molecular complexity index is 448. The monoisotopic (exact) mass is 312 g/mol. The first-order valence-corrected chi connectivity index (χ1v) is 8.78. The molecule has 6 nitrogen and oxygen atoms in total. The molecule has 21 heavy (non-hydrogen) atoms. The average molecular weight is 312 g/mol. The summed E-state index contributed by atoms with van der Waals surface area (Å²) in [5.74, 6) is 3.36. The van der Waals surface area contributed by atoms with Gasteiger partial charge in [-0.25, -0.2) is 9.67 Å². The first kappa shape index (κ1) is 15.3. The van der Waals surface area contributed by atoms with Gasteiger partial charge in [-0.05, 0) is 25.0 Å².